The molecule has 0 spiro atoms. The number of unbranched alkanes of at least 4 members (excludes halogenated alkanes) is 1. The van der Waals surface area contributed by atoms with Gasteiger partial charge in [-0.3, -0.25) is 0 Å². The predicted octanol–water partition coefficient (Wildman–Crippen LogP) is 3.41. The SMILES string of the molecule is CCCCN(C)C(=O)N/C=C/c1ccc(C)cc1. The molecule has 0 heterocycles. The molecule has 0 aliphatic heterocycles. The molecule has 98 valence electrons. The summed E-state index contributed by atoms with van der Waals surface area (Å²) in [5.41, 5.74) is 2.31. The summed E-state index contributed by atoms with van der Waals surface area (Å²) >= 11 is 0. The van der Waals surface area contributed by atoms with E-state index in [1.165, 1.54) is 5.56 Å². The fourth-order valence-electron chi connectivity index (χ4n) is 1.49. The highest BCUT2D eigenvalue weighted by Crippen LogP contribution is 2.04. The van der Waals surface area contributed by atoms with E-state index in [1.807, 2.05) is 25.3 Å². The number of carbonyl (C=O) groups is 1. The third-order valence-corrected chi connectivity index (χ3v) is 2.75. The minimum Gasteiger partial charge on any atom is -0.328 e. The molecule has 0 bridgehead atoms. The topological polar surface area (TPSA) is 32.3 Å². The maximum atomic E-state index is 11.7. The van der Waals surface area contributed by atoms with E-state index in [1.54, 1.807) is 11.1 Å². The molecule has 2 amide bonds. The van der Waals surface area contributed by atoms with E-state index in [4.69, 9.17) is 0 Å². The van der Waals surface area contributed by atoms with E-state index in [0.717, 1.165) is 24.9 Å². The zero-order chi connectivity index (χ0) is 13.4. The molecule has 0 radical (unpaired) electrons. The van der Waals surface area contributed by atoms with Crippen LogP contribution in [0.15, 0.2) is 30.5 Å². The van der Waals surface area contributed by atoms with Gasteiger partial charge in [0.25, 0.3) is 0 Å². The highest BCUT2D eigenvalue weighted by atomic mass is 16.2. The Bertz CT molecular complexity index is 395. The Balaban J connectivity index is 2.39. The van der Waals surface area contributed by atoms with Crippen molar-refractivity contribution >= 4 is 12.1 Å². The maximum Gasteiger partial charge on any atom is 0.321 e. The van der Waals surface area contributed by atoms with Crippen molar-refractivity contribution in [1.82, 2.24) is 10.2 Å². The first-order chi connectivity index (χ1) is 8.63. The second-order valence-corrected chi connectivity index (χ2v) is 4.47. The zero-order valence-electron chi connectivity index (χ0n) is 11.4. The van der Waals surface area contributed by atoms with Crippen LogP contribution in [0.25, 0.3) is 6.08 Å². The largest absolute Gasteiger partial charge is 0.328 e. The summed E-state index contributed by atoms with van der Waals surface area (Å²) in [7, 11) is 1.81. The smallest absolute Gasteiger partial charge is 0.321 e. The van der Waals surface area contributed by atoms with Gasteiger partial charge in [0.2, 0.25) is 0 Å². The molecule has 0 saturated heterocycles. The van der Waals surface area contributed by atoms with Crippen molar-refractivity contribution in [2.75, 3.05) is 13.6 Å². The lowest BCUT2D eigenvalue weighted by atomic mass is 10.1. The molecule has 0 unspecified atom stereocenters. The van der Waals surface area contributed by atoms with Crippen LogP contribution < -0.4 is 5.32 Å². The van der Waals surface area contributed by atoms with E-state index in [-0.39, 0.29) is 6.03 Å². The van der Waals surface area contributed by atoms with Crippen LogP contribution >= 0.6 is 0 Å². The van der Waals surface area contributed by atoms with Gasteiger partial charge < -0.3 is 10.2 Å². The number of rotatable bonds is 5. The number of benzene rings is 1. The third-order valence-electron chi connectivity index (χ3n) is 2.75. The minimum absolute atomic E-state index is 0.0631. The van der Waals surface area contributed by atoms with Gasteiger partial charge in [-0.1, -0.05) is 43.2 Å². The first-order valence-corrected chi connectivity index (χ1v) is 6.38. The van der Waals surface area contributed by atoms with Crippen LogP contribution in [-0.4, -0.2) is 24.5 Å². The molecule has 0 aromatic heterocycles. The monoisotopic (exact) mass is 246 g/mol. The molecular formula is C15H22N2O. The second-order valence-electron chi connectivity index (χ2n) is 4.47. The summed E-state index contributed by atoms with van der Waals surface area (Å²) in [5.74, 6) is 0. The summed E-state index contributed by atoms with van der Waals surface area (Å²) in [6.45, 7) is 4.96. The number of hydrogen-bond donors (Lipinski definition) is 1. The van der Waals surface area contributed by atoms with Crippen LogP contribution in [0.5, 0.6) is 0 Å². The Hall–Kier alpha value is -1.77. The first kappa shape index (κ1) is 14.3. The fraction of sp³-hybridized carbons (Fsp3) is 0.400. The number of hydrogen-bond acceptors (Lipinski definition) is 1. The zero-order valence-corrected chi connectivity index (χ0v) is 11.4. The van der Waals surface area contributed by atoms with E-state index in [0.29, 0.717) is 0 Å². The molecule has 3 nitrogen and oxygen atoms in total. The van der Waals surface area contributed by atoms with Gasteiger partial charge in [0.15, 0.2) is 0 Å². The van der Waals surface area contributed by atoms with Crippen molar-refractivity contribution in [3.63, 3.8) is 0 Å². The lowest BCUT2D eigenvalue weighted by molar-refractivity contribution is 0.212. The van der Waals surface area contributed by atoms with Crippen molar-refractivity contribution in [2.24, 2.45) is 0 Å². The van der Waals surface area contributed by atoms with Crippen LogP contribution in [-0.2, 0) is 0 Å². The first-order valence-electron chi connectivity index (χ1n) is 6.38. The van der Waals surface area contributed by atoms with E-state index in [2.05, 4.69) is 31.3 Å². The minimum atomic E-state index is -0.0631. The van der Waals surface area contributed by atoms with Crippen LogP contribution in [0.2, 0.25) is 0 Å². The average Bonchev–Trinajstić information content (AvgIpc) is 2.38. The summed E-state index contributed by atoms with van der Waals surface area (Å²) in [6, 6.07) is 8.09. The lowest BCUT2D eigenvalue weighted by Gasteiger charge is -2.15. The number of nitrogens with one attached hydrogen (secondary N) is 1. The number of carbonyl (C=O) groups excluding carboxylic acids is 1. The van der Waals surface area contributed by atoms with Crippen molar-refractivity contribution in [3.05, 3.63) is 41.6 Å². The molecule has 0 atom stereocenters. The van der Waals surface area contributed by atoms with Crippen LogP contribution in [0, 0.1) is 6.92 Å². The van der Waals surface area contributed by atoms with Gasteiger partial charge in [-0.15, -0.1) is 0 Å². The van der Waals surface area contributed by atoms with E-state index >= 15 is 0 Å². The standard InChI is InChI=1S/C15H22N2O/c1-4-5-12-17(3)15(18)16-11-10-14-8-6-13(2)7-9-14/h6-11H,4-5,12H2,1-3H3,(H,16,18)/b11-10+. The summed E-state index contributed by atoms with van der Waals surface area (Å²) in [5, 5.41) is 2.76. The predicted molar refractivity (Wildman–Crippen MR) is 76.3 cm³/mol. The summed E-state index contributed by atoms with van der Waals surface area (Å²) in [4.78, 5) is 13.4. The molecule has 0 saturated carbocycles. The van der Waals surface area contributed by atoms with Gasteiger partial charge in [0.05, 0.1) is 0 Å². The van der Waals surface area contributed by atoms with Gasteiger partial charge in [-0.05, 0) is 25.0 Å². The molecule has 1 rings (SSSR count). The Kier molecular flexibility index (Phi) is 5.98. The molecule has 3 heteroatoms. The fourth-order valence-corrected chi connectivity index (χ4v) is 1.49. The Morgan fingerprint density at radius 1 is 1.33 bits per heavy atom. The van der Waals surface area contributed by atoms with Gasteiger partial charge in [0, 0.05) is 19.8 Å². The molecule has 0 aliphatic carbocycles. The molecule has 1 aromatic carbocycles. The second kappa shape index (κ2) is 7.54. The van der Waals surface area contributed by atoms with Gasteiger partial charge in [0.1, 0.15) is 0 Å². The molecule has 18 heavy (non-hydrogen) atoms. The highest BCUT2D eigenvalue weighted by Gasteiger charge is 2.04. The van der Waals surface area contributed by atoms with Gasteiger partial charge in [-0.25, -0.2) is 4.79 Å². The van der Waals surface area contributed by atoms with Crippen LogP contribution in [0.3, 0.4) is 0 Å². The molecule has 0 fully saturated rings. The van der Waals surface area contributed by atoms with Crippen molar-refractivity contribution in [1.29, 1.82) is 0 Å². The molecule has 1 N–H and O–H groups in total. The Labute approximate surface area is 109 Å². The molecular weight excluding hydrogens is 224 g/mol. The Morgan fingerprint density at radius 2 is 2.00 bits per heavy atom. The summed E-state index contributed by atoms with van der Waals surface area (Å²) in [6.07, 6.45) is 5.71. The number of nitrogens with zero attached hydrogens (tertiary/aromatic N) is 1. The van der Waals surface area contributed by atoms with Crippen LogP contribution in [0.1, 0.15) is 30.9 Å². The van der Waals surface area contributed by atoms with E-state index < -0.39 is 0 Å². The normalized spacial score (nSPS) is 10.6. The van der Waals surface area contributed by atoms with E-state index in [9.17, 15) is 4.79 Å². The van der Waals surface area contributed by atoms with Crippen molar-refractivity contribution in [2.45, 2.75) is 26.7 Å². The van der Waals surface area contributed by atoms with Gasteiger partial charge >= 0.3 is 6.03 Å². The van der Waals surface area contributed by atoms with Crippen molar-refractivity contribution in [3.8, 4) is 0 Å². The Morgan fingerprint density at radius 3 is 2.61 bits per heavy atom. The number of aryl methyl sites for hydroxylation is 1. The third kappa shape index (κ3) is 5.04. The summed E-state index contributed by atoms with van der Waals surface area (Å²) < 4.78 is 0. The number of amides is 2. The van der Waals surface area contributed by atoms with Crippen LogP contribution in [0.4, 0.5) is 4.79 Å². The highest BCUT2D eigenvalue weighted by molar-refractivity contribution is 5.75. The maximum absolute atomic E-state index is 11.7. The lowest BCUT2D eigenvalue weighted by Crippen LogP contribution is -2.34. The number of urea groups is 1. The molecule has 1 aromatic rings. The quantitative estimate of drug-likeness (QED) is 0.848. The molecule has 0 aliphatic rings. The van der Waals surface area contributed by atoms with Crippen molar-refractivity contribution < 1.29 is 4.79 Å². The average molecular weight is 246 g/mol. The van der Waals surface area contributed by atoms with Gasteiger partial charge in [-0.2, -0.15) is 0 Å².